The Kier molecular flexibility index (Phi) is 25.1. The highest BCUT2D eigenvalue weighted by atomic mass is 15.5. The summed E-state index contributed by atoms with van der Waals surface area (Å²) in [4.78, 5) is 0. The predicted octanol–water partition coefficient (Wildman–Crippen LogP) is 10.4. The summed E-state index contributed by atoms with van der Waals surface area (Å²) in [6, 6.07) is 13.1. The van der Waals surface area contributed by atoms with Gasteiger partial charge < -0.3 is 21.9 Å². The van der Waals surface area contributed by atoms with Crippen molar-refractivity contribution in [3.63, 3.8) is 0 Å². The number of fused-ring (bicyclic) bond motifs is 2. The third-order valence-electron chi connectivity index (χ3n) is 8.05. The Balaban J connectivity index is 0.000000726. The number of nitrogens with one attached hydrogen (secondary N) is 3. The molecule has 2 aliphatic rings. The zero-order chi connectivity index (χ0) is 36.3. The Hall–Kier alpha value is -3.74. The first-order chi connectivity index (χ1) is 23.3. The number of aryl methyl sites for hydroxylation is 1. The Morgan fingerprint density at radius 3 is 2.38 bits per heavy atom. The van der Waals surface area contributed by atoms with E-state index < -0.39 is 0 Å². The molecule has 1 aliphatic heterocycles. The SMILES string of the molecule is C/C=C(\C=C/NC)C1c2cc(/C(N)=C/NN)ccc2NN1C.CC.CC.CCCCC(C)CC.CCCc1ccc2c(c1)CC=CC=C2. The second-order valence-electron chi connectivity index (χ2n) is 11.5. The molecule has 48 heavy (non-hydrogen) atoms. The number of hydrazine groups is 2. The molecule has 1 aliphatic carbocycles. The second kappa shape index (κ2) is 27.2. The molecule has 0 saturated carbocycles. The lowest BCUT2D eigenvalue weighted by Crippen LogP contribution is -2.24. The van der Waals surface area contributed by atoms with Crippen LogP contribution >= 0.6 is 0 Å². The van der Waals surface area contributed by atoms with Gasteiger partial charge in [-0.25, -0.2) is 5.01 Å². The minimum Gasteiger partial charge on any atom is -0.397 e. The van der Waals surface area contributed by atoms with Crippen LogP contribution in [0.2, 0.25) is 0 Å². The van der Waals surface area contributed by atoms with Gasteiger partial charge in [0.15, 0.2) is 0 Å². The maximum absolute atomic E-state index is 6.01. The van der Waals surface area contributed by atoms with Gasteiger partial charge in [0, 0.05) is 25.9 Å². The second-order valence-corrected chi connectivity index (χ2v) is 11.5. The van der Waals surface area contributed by atoms with Crippen molar-refractivity contribution in [2.45, 2.75) is 113 Å². The minimum absolute atomic E-state index is 0.128. The van der Waals surface area contributed by atoms with Gasteiger partial charge in [-0.15, -0.1) is 0 Å². The lowest BCUT2D eigenvalue weighted by atomic mass is 9.96. The van der Waals surface area contributed by atoms with Gasteiger partial charge >= 0.3 is 0 Å². The first-order valence-corrected chi connectivity index (χ1v) is 18.3. The van der Waals surface area contributed by atoms with Gasteiger partial charge in [0.1, 0.15) is 0 Å². The molecule has 0 radical (unpaired) electrons. The molecule has 2 aromatic carbocycles. The van der Waals surface area contributed by atoms with Crippen molar-refractivity contribution in [1.82, 2.24) is 15.8 Å². The summed E-state index contributed by atoms with van der Waals surface area (Å²) in [6.07, 6.45) is 25.4. The average molecular weight is 659 g/mol. The molecular weight excluding hydrogens is 589 g/mol. The van der Waals surface area contributed by atoms with Crippen molar-refractivity contribution in [3.05, 3.63) is 113 Å². The van der Waals surface area contributed by atoms with Gasteiger partial charge in [-0.3, -0.25) is 5.84 Å². The standard InChI is InChI=1S/C16H24N6.C14H16.C8H18.2C2H6/c1-4-11(7-8-19-2)16-13-9-12(14(17)10-20-18)5-6-15(13)21-22(16)3;1-2-6-12-9-10-13-7-4-3-5-8-14(13)11-12;1-4-6-7-8(3)5-2;2*1-2/h4-10,16,19-21H,17-18H2,1-3H3;3-5,7,9-11H,2,6,8H2,1H3;8H,4-7H2,1-3H3;2*1-2H3/b8-7-,11-4+,14-10-;;;;. The molecule has 1 heterocycles. The molecule has 2 aromatic rings. The number of benzene rings is 2. The smallest absolute Gasteiger partial charge is 0.0805 e. The van der Waals surface area contributed by atoms with E-state index in [1.54, 1.807) is 6.20 Å². The summed E-state index contributed by atoms with van der Waals surface area (Å²) < 4.78 is 0. The number of anilines is 1. The number of nitrogens with zero attached hydrogens (tertiary/aromatic N) is 1. The molecule has 0 bridgehead atoms. The maximum Gasteiger partial charge on any atom is 0.0805 e. The summed E-state index contributed by atoms with van der Waals surface area (Å²) in [6.45, 7) is 19.1. The molecule has 7 N–H and O–H groups in total. The lowest BCUT2D eigenvalue weighted by Gasteiger charge is -2.21. The van der Waals surface area contributed by atoms with Gasteiger partial charge in [-0.05, 0) is 77.9 Å². The van der Waals surface area contributed by atoms with Crippen LogP contribution in [0.25, 0.3) is 11.8 Å². The molecule has 0 aromatic heterocycles. The highest BCUT2D eigenvalue weighted by Crippen LogP contribution is 2.40. The van der Waals surface area contributed by atoms with Crippen LogP contribution in [-0.2, 0) is 12.8 Å². The lowest BCUT2D eigenvalue weighted by molar-refractivity contribution is 0.362. The van der Waals surface area contributed by atoms with Gasteiger partial charge in [-0.1, -0.05) is 142 Å². The fourth-order valence-corrected chi connectivity index (χ4v) is 5.27. The van der Waals surface area contributed by atoms with Crippen molar-refractivity contribution >= 4 is 17.5 Å². The number of likely N-dealkylation sites (N-methyl/N-ethyl adjacent to an activating group) is 1. The number of rotatable bonds is 11. The van der Waals surface area contributed by atoms with Crippen LogP contribution in [0.3, 0.4) is 0 Å². The van der Waals surface area contributed by atoms with Gasteiger partial charge in [-0.2, -0.15) is 0 Å². The van der Waals surface area contributed by atoms with E-state index in [-0.39, 0.29) is 6.04 Å². The number of nitrogens with two attached hydrogens (primary N) is 2. The summed E-state index contributed by atoms with van der Waals surface area (Å²) >= 11 is 0. The monoisotopic (exact) mass is 659 g/mol. The number of hydrogen-bond donors (Lipinski definition) is 5. The fraction of sp³-hybridized carbons (Fsp3) is 0.476. The van der Waals surface area contributed by atoms with E-state index in [1.165, 1.54) is 66.4 Å². The van der Waals surface area contributed by atoms with E-state index in [1.807, 2.05) is 67.0 Å². The zero-order valence-corrected chi connectivity index (χ0v) is 32.3. The number of unbranched alkanes of at least 4 members (excludes halogenated alkanes) is 1. The van der Waals surface area contributed by atoms with Crippen LogP contribution in [-0.4, -0.2) is 19.1 Å². The number of allylic oxidation sites excluding steroid dienone is 4. The average Bonchev–Trinajstić information content (AvgIpc) is 3.27. The van der Waals surface area contributed by atoms with Gasteiger partial charge in [0.2, 0.25) is 0 Å². The normalized spacial score (nSPS) is 15.4. The Labute approximate surface area is 295 Å². The molecule has 0 saturated heterocycles. The minimum atomic E-state index is 0.128. The molecule has 0 spiro atoms. The van der Waals surface area contributed by atoms with Crippen molar-refractivity contribution < 1.29 is 0 Å². The highest BCUT2D eigenvalue weighted by molar-refractivity contribution is 5.69. The maximum atomic E-state index is 6.01. The van der Waals surface area contributed by atoms with Crippen molar-refractivity contribution in [2.24, 2.45) is 17.5 Å². The van der Waals surface area contributed by atoms with Crippen molar-refractivity contribution in [1.29, 1.82) is 0 Å². The molecular formula is C42H70N6. The molecule has 6 heteroatoms. The van der Waals surface area contributed by atoms with Crippen LogP contribution in [0, 0.1) is 5.92 Å². The van der Waals surface area contributed by atoms with E-state index in [0.29, 0.717) is 5.70 Å². The summed E-state index contributed by atoms with van der Waals surface area (Å²) in [5.74, 6) is 6.26. The van der Waals surface area contributed by atoms with Crippen molar-refractivity contribution in [2.75, 3.05) is 19.5 Å². The Bertz CT molecular complexity index is 1290. The topological polar surface area (TPSA) is 91.4 Å². The molecule has 2 unspecified atom stereocenters. The fourth-order valence-electron chi connectivity index (χ4n) is 5.27. The first-order valence-electron chi connectivity index (χ1n) is 18.3. The van der Waals surface area contributed by atoms with Crippen LogP contribution < -0.4 is 27.7 Å². The van der Waals surface area contributed by atoms with Crippen LogP contribution in [0.15, 0.2) is 84.8 Å². The quantitative estimate of drug-likeness (QED) is 0.0938. The Morgan fingerprint density at radius 1 is 1.04 bits per heavy atom. The van der Waals surface area contributed by atoms with E-state index in [4.69, 9.17) is 11.6 Å². The molecule has 6 nitrogen and oxygen atoms in total. The predicted molar refractivity (Wildman–Crippen MR) is 216 cm³/mol. The third-order valence-corrected chi connectivity index (χ3v) is 8.05. The highest BCUT2D eigenvalue weighted by Gasteiger charge is 2.29. The van der Waals surface area contributed by atoms with Gasteiger partial charge in [0.05, 0.1) is 17.4 Å². The van der Waals surface area contributed by atoms with E-state index >= 15 is 0 Å². The first kappa shape index (κ1) is 44.3. The van der Waals surface area contributed by atoms with Gasteiger partial charge in [0.25, 0.3) is 0 Å². The van der Waals surface area contributed by atoms with E-state index in [0.717, 1.165) is 23.6 Å². The van der Waals surface area contributed by atoms with E-state index in [2.05, 4.69) is 110 Å². The molecule has 4 rings (SSSR count). The largest absolute Gasteiger partial charge is 0.397 e. The molecule has 0 amide bonds. The summed E-state index contributed by atoms with van der Waals surface area (Å²) in [5.41, 5.74) is 21.2. The third kappa shape index (κ3) is 15.4. The summed E-state index contributed by atoms with van der Waals surface area (Å²) in [7, 11) is 3.92. The molecule has 0 fully saturated rings. The van der Waals surface area contributed by atoms with Crippen LogP contribution in [0.4, 0.5) is 5.69 Å². The molecule has 268 valence electrons. The van der Waals surface area contributed by atoms with Crippen molar-refractivity contribution in [3.8, 4) is 0 Å². The zero-order valence-electron chi connectivity index (χ0n) is 32.3. The van der Waals surface area contributed by atoms with E-state index in [9.17, 15) is 0 Å². The van der Waals surface area contributed by atoms with Crippen LogP contribution in [0.1, 0.15) is 128 Å². The van der Waals surface area contributed by atoms with Crippen LogP contribution in [0.5, 0.6) is 0 Å². The summed E-state index contributed by atoms with van der Waals surface area (Å²) in [5, 5.41) is 5.12. The Morgan fingerprint density at radius 2 is 1.77 bits per heavy atom. The number of hydrogen-bond acceptors (Lipinski definition) is 6. The molecule has 2 atom stereocenters.